The first-order chi connectivity index (χ1) is 15.6. The number of amides is 2. The van der Waals surface area contributed by atoms with Crippen LogP contribution < -0.4 is 4.90 Å². The first-order valence-electron chi connectivity index (χ1n) is 11.6. The van der Waals surface area contributed by atoms with Crippen LogP contribution in [0.5, 0.6) is 0 Å². The van der Waals surface area contributed by atoms with Crippen molar-refractivity contribution in [3.63, 3.8) is 0 Å². The fourth-order valence-electron chi connectivity index (χ4n) is 4.53. The first kappa shape index (κ1) is 22.6. The van der Waals surface area contributed by atoms with E-state index in [2.05, 4.69) is 9.88 Å². The van der Waals surface area contributed by atoms with Gasteiger partial charge in [0.2, 0.25) is 5.91 Å². The highest BCUT2D eigenvalue weighted by atomic mass is 32.2. The van der Waals surface area contributed by atoms with Crippen LogP contribution in [0.25, 0.3) is 0 Å². The lowest BCUT2D eigenvalue weighted by atomic mass is 9.94. The summed E-state index contributed by atoms with van der Waals surface area (Å²) in [5.74, 6) is 1.51. The molecule has 0 bridgehead atoms. The van der Waals surface area contributed by atoms with Gasteiger partial charge in [-0.15, -0.1) is 11.8 Å². The lowest BCUT2D eigenvalue weighted by Crippen LogP contribution is -2.49. The van der Waals surface area contributed by atoms with E-state index in [-0.39, 0.29) is 11.8 Å². The van der Waals surface area contributed by atoms with Crippen molar-refractivity contribution < 1.29 is 9.59 Å². The van der Waals surface area contributed by atoms with E-state index in [1.807, 2.05) is 59.3 Å². The van der Waals surface area contributed by atoms with Gasteiger partial charge in [0.05, 0.1) is 11.3 Å². The van der Waals surface area contributed by atoms with Crippen molar-refractivity contribution in [1.29, 1.82) is 0 Å². The number of rotatable bonds is 6. The Balaban J connectivity index is 1.34. The molecule has 1 aromatic carbocycles. The molecule has 170 valence electrons. The molecular formula is C25H32N4O2S. The van der Waals surface area contributed by atoms with E-state index in [1.165, 1.54) is 31.0 Å². The molecule has 1 saturated heterocycles. The Labute approximate surface area is 195 Å². The van der Waals surface area contributed by atoms with Gasteiger partial charge in [-0.1, -0.05) is 37.5 Å². The number of carbonyl (C=O) groups excluding carboxylic acids is 2. The molecule has 4 rings (SSSR count). The lowest BCUT2D eigenvalue weighted by molar-refractivity contribution is -0.129. The fourth-order valence-corrected chi connectivity index (χ4v) is 5.50. The average molecular weight is 453 g/mol. The van der Waals surface area contributed by atoms with Gasteiger partial charge >= 0.3 is 0 Å². The molecular weight excluding hydrogens is 420 g/mol. The molecule has 32 heavy (non-hydrogen) atoms. The van der Waals surface area contributed by atoms with Crippen LogP contribution >= 0.6 is 11.8 Å². The van der Waals surface area contributed by atoms with Gasteiger partial charge in [0, 0.05) is 50.4 Å². The summed E-state index contributed by atoms with van der Waals surface area (Å²) in [5.41, 5.74) is 0.692. The molecule has 1 aliphatic heterocycles. The third-order valence-electron chi connectivity index (χ3n) is 6.52. The maximum atomic E-state index is 13.3. The summed E-state index contributed by atoms with van der Waals surface area (Å²) in [5, 5.41) is 0. The van der Waals surface area contributed by atoms with Crippen molar-refractivity contribution in [2.24, 2.45) is 0 Å². The molecule has 1 aliphatic carbocycles. The Morgan fingerprint density at radius 1 is 1.00 bits per heavy atom. The van der Waals surface area contributed by atoms with Crippen molar-refractivity contribution in [2.75, 3.05) is 43.9 Å². The predicted molar refractivity (Wildman–Crippen MR) is 129 cm³/mol. The number of thioether (sulfide) groups is 1. The van der Waals surface area contributed by atoms with Gasteiger partial charge in [-0.05, 0) is 37.1 Å². The van der Waals surface area contributed by atoms with E-state index >= 15 is 0 Å². The minimum Gasteiger partial charge on any atom is -0.353 e. The Kier molecular flexibility index (Phi) is 7.68. The van der Waals surface area contributed by atoms with E-state index in [9.17, 15) is 9.59 Å². The van der Waals surface area contributed by atoms with Crippen LogP contribution in [0.15, 0.2) is 53.6 Å². The summed E-state index contributed by atoms with van der Waals surface area (Å²) in [7, 11) is 1.93. The van der Waals surface area contributed by atoms with Gasteiger partial charge in [-0.25, -0.2) is 4.98 Å². The number of carbonyl (C=O) groups is 2. The lowest BCUT2D eigenvalue weighted by Gasteiger charge is -2.35. The van der Waals surface area contributed by atoms with E-state index < -0.39 is 0 Å². The second-order valence-corrected chi connectivity index (χ2v) is 9.57. The second kappa shape index (κ2) is 10.9. The Morgan fingerprint density at radius 2 is 1.72 bits per heavy atom. The molecule has 1 saturated carbocycles. The van der Waals surface area contributed by atoms with E-state index in [1.54, 1.807) is 6.20 Å². The van der Waals surface area contributed by atoms with Crippen LogP contribution in [0.2, 0.25) is 0 Å². The third-order valence-corrected chi connectivity index (χ3v) is 7.58. The SMILES string of the molecule is CN(C(=O)CSc1ccccc1C(=O)N1CCN(c2ccccn2)CC1)C1CCCCC1. The van der Waals surface area contributed by atoms with Gasteiger partial charge in [0.25, 0.3) is 5.91 Å². The summed E-state index contributed by atoms with van der Waals surface area (Å²) in [6.07, 6.45) is 7.70. The largest absolute Gasteiger partial charge is 0.353 e. The summed E-state index contributed by atoms with van der Waals surface area (Å²) in [6, 6.07) is 13.9. The molecule has 2 amide bonds. The van der Waals surface area contributed by atoms with Crippen molar-refractivity contribution >= 4 is 29.4 Å². The number of benzene rings is 1. The summed E-state index contributed by atoms with van der Waals surface area (Å²) in [4.78, 5) is 37.4. The monoisotopic (exact) mass is 452 g/mol. The molecule has 6 nitrogen and oxygen atoms in total. The van der Waals surface area contributed by atoms with Crippen molar-refractivity contribution in [2.45, 2.75) is 43.0 Å². The maximum Gasteiger partial charge on any atom is 0.255 e. The summed E-state index contributed by atoms with van der Waals surface area (Å²) in [6.45, 7) is 2.86. The van der Waals surface area contributed by atoms with Crippen LogP contribution in [0.1, 0.15) is 42.5 Å². The average Bonchev–Trinajstić information content (AvgIpc) is 2.87. The molecule has 0 atom stereocenters. The van der Waals surface area contributed by atoms with Crippen LogP contribution in [0, 0.1) is 0 Å². The zero-order valence-electron chi connectivity index (χ0n) is 18.8. The highest BCUT2D eigenvalue weighted by molar-refractivity contribution is 8.00. The Bertz CT molecular complexity index is 909. The number of hydrogen-bond acceptors (Lipinski definition) is 5. The van der Waals surface area contributed by atoms with Gasteiger partial charge in [0.15, 0.2) is 0 Å². The fraction of sp³-hybridized carbons (Fsp3) is 0.480. The minimum absolute atomic E-state index is 0.0434. The molecule has 0 N–H and O–H groups in total. The summed E-state index contributed by atoms with van der Waals surface area (Å²) < 4.78 is 0. The number of piperazine rings is 1. The molecule has 0 unspecified atom stereocenters. The molecule has 2 fully saturated rings. The standard InChI is InChI=1S/C25H32N4O2S/c1-27(20-9-3-2-4-10-20)24(30)19-32-22-12-6-5-11-21(22)25(31)29-17-15-28(16-18-29)23-13-7-8-14-26-23/h5-8,11-14,20H,2-4,9-10,15-19H2,1H3. The van der Waals surface area contributed by atoms with Crippen molar-refractivity contribution in [3.05, 3.63) is 54.2 Å². The van der Waals surface area contributed by atoms with Crippen LogP contribution in [0.4, 0.5) is 5.82 Å². The molecule has 2 aliphatic rings. The molecule has 2 heterocycles. The molecule has 0 spiro atoms. The zero-order valence-corrected chi connectivity index (χ0v) is 19.6. The number of pyridine rings is 1. The van der Waals surface area contributed by atoms with Crippen molar-refractivity contribution in [3.8, 4) is 0 Å². The third kappa shape index (κ3) is 5.44. The van der Waals surface area contributed by atoms with Gasteiger partial charge < -0.3 is 14.7 Å². The molecule has 7 heteroatoms. The normalized spacial score (nSPS) is 17.3. The van der Waals surface area contributed by atoms with E-state index in [0.29, 0.717) is 30.4 Å². The number of hydrogen-bond donors (Lipinski definition) is 0. The smallest absolute Gasteiger partial charge is 0.255 e. The van der Waals surface area contributed by atoms with Crippen molar-refractivity contribution in [1.82, 2.24) is 14.8 Å². The van der Waals surface area contributed by atoms with Crippen LogP contribution in [-0.2, 0) is 4.79 Å². The molecule has 2 aromatic rings. The van der Waals surface area contributed by atoms with Crippen LogP contribution in [0.3, 0.4) is 0 Å². The summed E-state index contributed by atoms with van der Waals surface area (Å²) >= 11 is 1.48. The highest BCUT2D eigenvalue weighted by Crippen LogP contribution is 2.27. The first-order valence-corrected chi connectivity index (χ1v) is 12.5. The van der Waals surface area contributed by atoms with E-state index in [4.69, 9.17) is 0 Å². The number of anilines is 1. The number of aromatic nitrogens is 1. The Hall–Kier alpha value is -2.54. The second-order valence-electron chi connectivity index (χ2n) is 8.55. The molecule has 0 radical (unpaired) electrons. The van der Waals surface area contributed by atoms with E-state index in [0.717, 1.165) is 36.6 Å². The topological polar surface area (TPSA) is 56.8 Å². The van der Waals surface area contributed by atoms with Gasteiger partial charge in [-0.3, -0.25) is 9.59 Å². The predicted octanol–water partition coefficient (Wildman–Crippen LogP) is 3.93. The number of nitrogens with zero attached hydrogens (tertiary/aromatic N) is 4. The minimum atomic E-state index is 0.0434. The van der Waals surface area contributed by atoms with Gasteiger partial charge in [0.1, 0.15) is 5.82 Å². The maximum absolute atomic E-state index is 13.3. The van der Waals surface area contributed by atoms with Gasteiger partial charge in [-0.2, -0.15) is 0 Å². The highest BCUT2D eigenvalue weighted by Gasteiger charge is 2.26. The van der Waals surface area contributed by atoms with Crippen LogP contribution in [-0.4, -0.2) is 71.6 Å². The Morgan fingerprint density at radius 3 is 2.44 bits per heavy atom. The molecule has 1 aromatic heterocycles. The zero-order chi connectivity index (χ0) is 22.3. The quantitative estimate of drug-likeness (QED) is 0.622.